The maximum Gasteiger partial charge on any atom is 0.339 e. The predicted octanol–water partition coefficient (Wildman–Crippen LogP) is 2.84. The number of nitrogens with one attached hydrogen (secondary N) is 1. The number of anilines is 1. The second-order valence-corrected chi connectivity index (χ2v) is 7.35. The average Bonchev–Trinajstić information content (AvgIpc) is 3.17. The van der Waals surface area contributed by atoms with Gasteiger partial charge in [0.25, 0.3) is 5.56 Å². The van der Waals surface area contributed by atoms with Crippen LogP contribution in [-0.4, -0.2) is 40.2 Å². The highest BCUT2D eigenvalue weighted by atomic mass is 16.5. The summed E-state index contributed by atoms with van der Waals surface area (Å²) in [6, 6.07) is 14.0. The number of carbonyl (C=O) groups excluding carboxylic acids is 2. The fourth-order valence-electron chi connectivity index (χ4n) is 3.65. The first kappa shape index (κ1) is 21.8. The van der Waals surface area contributed by atoms with Crippen molar-refractivity contribution in [2.45, 2.75) is 6.54 Å². The number of ether oxygens (including phenoxy) is 2. The number of aromatic nitrogens is 3. The molecule has 0 unspecified atom stereocenters. The van der Waals surface area contributed by atoms with Crippen molar-refractivity contribution in [1.82, 2.24) is 14.1 Å². The van der Waals surface area contributed by atoms with E-state index in [0.29, 0.717) is 22.5 Å². The number of esters is 1. The first-order valence-electron chi connectivity index (χ1n) is 10.1. The van der Waals surface area contributed by atoms with Crippen LogP contribution in [-0.2, 0) is 23.1 Å². The number of carbonyl (C=O) groups is 2. The minimum atomic E-state index is -0.569. The molecule has 0 aliphatic heterocycles. The van der Waals surface area contributed by atoms with Gasteiger partial charge in [-0.05, 0) is 29.8 Å². The van der Waals surface area contributed by atoms with Gasteiger partial charge in [-0.1, -0.05) is 24.3 Å². The molecule has 0 spiro atoms. The lowest BCUT2D eigenvalue weighted by molar-refractivity contribution is -0.116. The second kappa shape index (κ2) is 8.99. The summed E-state index contributed by atoms with van der Waals surface area (Å²) in [6.07, 6.45) is 3.17. The summed E-state index contributed by atoms with van der Waals surface area (Å²) in [5.41, 5.74) is 2.72. The molecule has 0 fully saturated rings. The van der Waals surface area contributed by atoms with Crippen LogP contribution in [0.5, 0.6) is 5.75 Å². The number of fused-ring (bicyclic) bond motifs is 1. The number of hydrogen-bond donors (Lipinski definition) is 1. The predicted molar refractivity (Wildman–Crippen MR) is 123 cm³/mol. The quantitative estimate of drug-likeness (QED) is 0.457. The van der Waals surface area contributed by atoms with Crippen LogP contribution < -0.4 is 15.6 Å². The summed E-state index contributed by atoms with van der Waals surface area (Å²) >= 11 is 0. The zero-order valence-electron chi connectivity index (χ0n) is 18.4. The van der Waals surface area contributed by atoms with Crippen molar-refractivity contribution in [3.8, 4) is 16.9 Å². The average molecular weight is 446 g/mol. The maximum absolute atomic E-state index is 13.1. The lowest BCUT2D eigenvalue weighted by Gasteiger charge is -2.11. The molecule has 0 aliphatic carbocycles. The molecule has 2 aromatic heterocycles. The van der Waals surface area contributed by atoms with E-state index >= 15 is 0 Å². The Hall–Kier alpha value is -4.40. The minimum absolute atomic E-state index is 0.222. The zero-order valence-corrected chi connectivity index (χ0v) is 18.4. The molecule has 2 heterocycles. The molecule has 2 aromatic carbocycles. The van der Waals surface area contributed by atoms with Gasteiger partial charge in [-0.25, -0.2) is 9.78 Å². The van der Waals surface area contributed by atoms with E-state index in [-0.39, 0.29) is 17.7 Å². The van der Waals surface area contributed by atoms with Crippen LogP contribution in [0.3, 0.4) is 0 Å². The largest absolute Gasteiger partial charge is 0.497 e. The smallest absolute Gasteiger partial charge is 0.339 e. The molecule has 0 radical (unpaired) electrons. The van der Waals surface area contributed by atoms with Crippen LogP contribution in [0.15, 0.2) is 65.8 Å². The van der Waals surface area contributed by atoms with Crippen molar-refractivity contribution in [2.24, 2.45) is 7.05 Å². The summed E-state index contributed by atoms with van der Waals surface area (Å²) in [5, 5.41) is 2.66. The van der Waals surface area contributed by atoms with E-state index < -0.39 is 11.9 Å². The van der Waals surface area contributed by atoms with E-state index in [2.05, 4.69) is 10.3 Å². The normalized spacial score (nSPS) is 10.8. The number of benzene rings is 2. The molecule has 33 heavy (non-hydrogen) atoms. The molecule has 9 heteroatoms. The van der Waals surface area contributed by atoms with Gasteiger partial charge < -0.3 is 19.4 Å². The van der Waals surface area contributed by atoms with E-state index in [4.69, 9.17) is 9.47 Å². The van der Waals surface area contributed by atoms with Crippen LogP contribution in [0, 0.1) is 0 Å². The fraction of sp³-hybridized carbons (Fsp3) is 0.167. The van der Waals surface area contributed by atoms with E-state index in [1.807, 2.05) is 30.5 Å². The summed E-state index contributed by atoms with van der Waals surface area (Å²) in [4.78, 5) is 42.2. The molecule has 1 N–H and O–H groups in total. The number of para-hydroxylation sites is 1. The lowest BCUT2D eigenvalue weighted by atomic mass is 10.1. The van der Waals surface area contributed by atoms with Gasteiger partial charge in [0, 0.05) is 18.8 Å². The van der Waals surface area contributed by atoms with Crippen LogP contribution in [0.25, 0.3) is 22.2 Å². The number of rotatable bonds is 6. The first-order valence-corrected chi connectivity index (χ1v) is 10.1. The Morgan fingerprint density at radius 3 is 2.64 bits per heavy atom. The van der Waals surface area contributed by atoms with Gasteiger partial charge in [0.2, 0.25) is 5.91 Å². The summed E-state index contributed by atoms with van der Waals surface area (Å²) in [7, 11) is 4.61. The Labute approximate surface area is 189 Å². The van der Waals surface area contributed by atoms with Gasteiger partial charge in [-0.2, -0.15) is 0 Å². The molecule has 4 rings (SSSR count). The zero-order chi connectivity index (χ0) is 23.5. The Bertz CT molecular complexity index is 1420. The molecular weight excluding hydrogens is 424 g/mol. The van der Waals surface area contributed by atoms with Gasteiger partial charge in [-0.15, -0.1) is 0 Å². The number of aryl methyl sites for hydroxylation is 1. The van der Waals surface area contributed by atoms with Gasteiger partial charge in [0.1, 0.15) is 23.3 Å². The van der Waals surface area contributed by atoms with Gasteiger partial charge in [0.15, 0.2) is 0 Å². The summed E-state index contributed by atoms with van der Waals surface area (Å²) < 4.78 is 13.0. The Morgan fingerprint density at radius 1 is 1.09 bits per heavy atom. The van der Waals surface area contributed by atoms with E-state index in [9.17, 15) is 14.4 Å². The highest BCUT2D eigenvalue weighted by Gasteiger charge is 2.18. The second-order valence-electron chi connectivity index (χ2n) is 7.35. The summed E-state index contributed by atoms with van der Waals surface area (Å²) in [6.45, 7) is -0.267. The van der Waals surface area contributed by atoms with Gasteiger partial charge in [-0.3, -0.25) is 14.2 Å². The van der Waals surface area contributed by atoms with Crippen molar-refractivity contribution >= 4 is 28.6 Å². The third-order valence-corrected chi connectivity index (χ3v) is 5.25. The lowest BCUT2D eigenvalue weighted by Crippen LogP contribution is -2.29. The van der Waals surface area contributed by atoms with Crippen LogP contribution >= 0.6 is 0 Å². The number of methoxy groups -OCH3 is 2. The van der Waals surface area contributed by atoms with Gasteiger partial charge in [0.05, 0.1) is 31.8 Å². The Morgan fingerprint density at radius 2 is 1.88 bits per heavy atom. The fourth-order valence-corrected chi connectivity index (χ4v) is 3.65. The molecule has 4 aromatic rings. The van der Waals surface area contributed by atoms with E-state index in [1.54, 1.807) is 43.0 Å². The van der Waals surface area contributed by atoms with Crippen molar-refractivity contribution in [2.75, 3.05) is 19.5 Å². The highest BCUT2D eigenvalue weighted by Crippen LogP contribution is 2.29. The van der Waals surface area contributed by atoms with E-state index in [1.165, 1.54) is 18.0 Å². The molecule has 0 saturated heterocycles. The van der Waals surface area contributed by atoms with Crippen LogP contribution in [0.4, 0.5) is 5.69 Å². The van der Waals surface area contributed by atoms with E-state index in [0.717, 1.165) is 11.1 Å². The van der Waals surface area contributed by atoms with Crippen molar-refractivity contribution in [1.29, 1.82) is 0 Å². The minimum Gasteiger partial charge on any atom is -0.497 e. The summed E-state index contributed by atoms with van der Waals surface area (Å²) in [5.74, 6) is -0.349. The number of hydrogen-bond acceptors (Lipinski definition) is 6. The van der Waals surface area contributed by atoms with Gasteiger partial charge >= 0.3 is 5.97 Å². The molecule has 0 atom stereocenters. The standard InChI is InChI=1S/C24H22N4O5/c1-27-12-18(15-7-6-8-16(11-15)32-2)21-22(27)23(30)28(14-25-21)13-20(29)26-19-10-5-4-9-17(19)24(31)33-3/h4-12,14H,13H2,1-3H3,(H,26,29). The molecule has 0 bridgehead atoms. The third kappa shape index (κ3) is 4.20. The molecular formula is C24H22N4O5. The molecule has 0 aliphatic rings. The Balaban J connectivity index is 1.65. The van der Waals surface area contributed by atoms with Crippen molar-refractivity contribution < 1.29 is 19.1 Å². The Kier molecular flexibility index (Phi) is 5.95. The van der Waals surface area contributed by atoms with Crippen molar-refractivity contribution in [3.63, 3.8) is 0 Å². The SMILES string of the molecule is COC(=O)c1ccccc1NC(=O)Cn1cnc2c(-c3cccc(OC)c3)cn(C)c2c1=O. The van der Waals surface area contributed by atoms with Crippen LogP contribution in [0.1, 0.15) is 10.4 Å². The maximum atomic E-state index is 13.1. The van der Waals surface area contributed by atoms with Crippen LogP contribution in [0.2, 0.25) is 0 Å². The molecule has 9 nitrogen and oxygen atoms in total. The molecule has 1 amide bonds. The molecule has 168 valence electrons. The first-order chi connectivity index (χ1) is 15.9. The third-order valence-electron chi connectivity index (χ3n) is 5.25. The monoisotopic (exact) mass is 446 g/mol. The highest BCUT2D eigenvalue weighted by molar-refractivity contribution is 6.01. The van der Waals surface area contributed by atoms with Crippen molar-refractivity contribution in [3.05, 3.63) is 77.0 Å². The topological polar surface area (TPSA) is 104 Å². The molecule has 0 saturated carbocycles. The number of amides is 1. The number of nitrogens with zero attached hydrogens (tertiary/aromatic N) is 3.